The molecule has 0 radical (unpaired) electrons. The van der Waals surface area contributed by atoms with Crippen LogP contribution < -0.4 is 15.5 Å². The number of aliphatic hydroxyl groups is 1. The average molecular weight is 648 g/mol. The third kappa shape index (κ3) is 5.19. The van der Waals surface area contributed by atoms with Gasteiger partial charge in [-0.2, -0.15) is 18.3 Å². The number of alkyl halides is 3. The first-order chi connectivity index (χ1) is 21.2. The van der Waals surface area contributed by atoms with Crippen molar-refractivity contribution < 1.29 is 41.0 Å². The van der Waals surface area contributed by atoms with Crippen molar-refractivity contribution in [2.24, 2.45) is 7.05 Å². The molecule has 2 aliphatic heterocycles. The molecular formula is C30H20ClF6N5O3. The molecule has 232 valence electrons. The summed E-state index contributed by atoms with van der Waals surface area (Å²) < 4.78 is 86.7. The van der Waals surface area contributed by atoms with E-state index in [0.29, 0.717) is 11.0 Å². The minimum Gasteiger partial charge on any atom is -0.375 e. The van der Waals surface area contributed by atoms with E-state index in [-0.39, 0.29) is 38.5 Å². The summed E-state index contributed by atoms with van der Waals surface area (Å²) in [5, 5.41) is 19.7. The summed E-state index contributed by atoms with van der Waals surface area (Å²) in [6.45, 7) is -1.31. The summed E-state index contributed by atoms with van der Waals surface area (Å²) in [7, 11) is 1.58. The van der Waals surface area contributed by atoms with E-state index in [1.165, 1.54) is 35.3 Å². The largest absolute Gasteiger partial charge is 0.423 e. The Balaban J connectivity index is 1.47. The molecule has 45 heavy (non-hydrogen) atoms. The normalized spacial score (nSPS) is 19.4. The number of aryl methyl sites for hydroxylation is 1. The van der Waals surface area contributed by atoms with Gasteiger partial charge in [0.2, 0.25) is 5.60 Å². The van der Waals surface area contributed by atoms with Crippen molar-refractivity contribution in [2.45, 2.75) is 17.8 Å². The third-order valence-electron chi connectivity index (χ3n) is 7.59. The maximum absolute atomic E-state index is 15.1. The monoisotopic (exact) mass is 647 g/mol. The highest BCUT2D eigenvalue weighted by Gasteiger charge is 2.61. The zero-order chi connectivity index (χ0) is 32.4. The molecule has 0 aliphatic carbocycles. The van der Waals surface area contributed by atoms with Crippen LogP contribution in [0.25, 0.3) is 11.9 Å². The predicted octanol–water partition coefficient (Wildman–Crippen LogP) is 6.45. The van der Waals surface area contributed by atoms with Crippen LogP contribution in [0, 0.1) is 11.6 Å². The second-order valence-corrected chi connectivity index (χ2v) is 10.9. The molecule has 1 aromatic heterocycles. The van der Waals surface area contributed by atoms with Crippen molar-refractivity contribution in [3.63, 3.8) is 0 Å². The van der Waals surface area contributed by atoms with Gasteiger partial charge < -0.3 is 15.7 Å². The highest BCUT2D eigenvalue weighted by Crippen LogP contribution is 2.49. The molecule has 2 unspecified atom stereocenters. The van der Waals surface area contributed by atoms with Crippen molar-refractivity contribution in [3.05, 3.63) is 111 Å². The quantitative estimate of drug-likeness (QED) is 0.222. The molecule has 6 rings (SSSR count). The number of hydrogen-bond donors (Lipinski definition) is 3. The van der Waals surface area contributed by atoms with Gasteiger partial charge in [-0.3, -0.25) is 14.4 Å². The molecule has 4 aromatic rings. The minimum absolute atomic E-state index is 0.0564. The van der Waals surface area contributed by atoms with E-state index in [9.17, 15) is 36.6 Å². The molecule has 3 aromatic carbocycles. The van der Waals surface area contributed by atoms with E-state index in [1.54, 1.807) is 7.05 Å². The van der Waals surface area contributed by atoms with Gasteiger partial charge in [0, 0.05) is 51.8 Å². The number of benzene rings is 3. The van der Waals surface area contributed by atoms with E-state index < -0.39 is 65.0 Å². The van der Waals surface area contributed by atoms with Crippen molar-refractivity contribution >= 4 is 46.8 Å². The summed E-state index contributed by atoms with van der Waals surface area (Å²) in [6, 6.07) is 5.93. The number of carbonyl (C=O) groups is 2. The van der Waals surface area contributed by atoms with E-state index in [2.05, 4.69) is 15.7 Å². The predicted molar refractivity (Wildman–Crippen MR) is 152 cm³/mol. The maximum Gasteiger partial charge on any atom is 0.423 e. The zero-order valence-electron chi connectivity index (χ0n) is 22.9. The Morgan fingerprint density at radius 2 is 1.87 bits per heavy atom. The van der Waals surface area contributed by atoms with Crippen LogP contribution >= 0.6 is 11.6 Å². The van der Waals surface area contributed by atoms with Crippen LogP contribution in [-0.4, -0.2) is 39.5 Å². The smallest absolute Gasteiger partial charge is 0.375 e. The Bertz CT molecular complexity index is 1930. The van der Waals surface area contributed by atoms with E-state index in [0.717, 1.165) is 30.3 Å². The molecule has 0 saturated carbocycles. The van der Waals surface area contributed by atoms with Gasteiger partial charge in [-0.05, 0) is 60.2 Å². The van der Waals surface area contributed by atoms with Crippen molar-refractivity contribution in [1.29, 1.82) is 0 Å². The molecule has 0 spiro atoms. The second-order valence-electron chi connectivity index (χ2n) is 10.5. The Hall–Kier alpha value is -4.82. The molecule has 3 heterocycles. The van der Waals surface area contributed by atoms with Crippen LogP contribution in [0.1, 0.15) is 44.2 Å². The van der Waals surface area contributed by atoms with E-state index in [4.69, 9.17) is 11.6 Å². The van der Waals surface area contributed by atoms with Gasteiger partial charge in [-0.1, -0.05) is 11.6 Å². The average Bonchev–Trinajstić information content (AvgIpc) is 3.64. The number of urea groups is 1. The summed E-state index contributed by atoms with van der Waals surface area (Å²) >= 11 is 6.32. The highest BCUT2D eigenvalue weighted by atomic mass is 35.5. The van der Waals surface area contributed by atoms with Crippen LogP contribution in [0.3, 0.4) is 0 Å². The van der Waals surface area contributed by atoms with Crippen LogP contribution in [0.2, 0.25) is 5.02 Å². The van der Waals surface area contributed by atoms with Crippen LogP contribution in [0.15, 0.2) is 60.9 Å². The number of halogens is 7. The molecule has 0 fully saturated rings. The van der Waals surface area contributed by atoms with E-state index in [1.807, 2.05) is 0 Å². The summed E-state index contributed by atoms with van der Waals surface area (Å²) in [5.74, 6) is -3.19. The number of nitrogens with zero attached hydrogens (tertiary/aromatic N) is 3. The highest BCUT2D eigenvalue weighted by molar-refractivity contribution is 6.31. The van der Waals surface area contributed by atoms with Crippen molar-refractivity contribution in [1.82, 2.24) is 15.1 Å². The standard InChI is InChI=1S/C30H20ClF6N5O3/c1-41-12-15(11-38-41)22(34)7-14-6-19-25(26(40-27(19)43)18-9-16(32)2-4-21(18)31)23(8-14)39-28(44)42-13-29(45,30(35,36)37)20-10-17(33)3-5-24(20)42/h2-12,26,45H,13H2,1H3,(H,39,44)(H,40,43)/b22-7-. The number of rotatable bonds is 4. The molecule has 2 atom stereocenters. The lowest BCUT2D eigenvalue weighted by Gasteiger charge is -2.27. The number of anilines is 2. The SMILES string of the molecule is Cn1cc(/C(F)=C/c2cc(NC(=O)N3CC(O)(C(F)(F)F)c4cc(F)ccc43)c3c(c2)C(=O)NC3c2cc(F)ccc2Cl)cn1. The number of β-amino-alcohol motifs (C(OH)–C–C–N with tert-alkyl or cyclic N) is 1. The van der Waals surface area contributed by atoms with Crippen molar-refractivity contribution in [2.75, 3.05) is 16.8 Å². The molecule has 2 aliphatic rings. The molecule has 0 saturated heterocycles. The van der Waals surface area contributed by atoms with Gasteiger partial charge in [-0.25, -0.2) is 18.0 Å². The van der Waals surface area contributed by atoms with E-state index >= 15 is 4.39 Å². The Morgan fingerprint density at radius 1 is 1.16 bits per heavy atom. The Labute approximate surface area is 255 Å². The first-order valence-corrected chi connectivity index (χ1v) is 13.5. The molecule has 0 bridgehead atoms. The lowest BCUT2D eigenvalue weighted by molar-refractivity contribution is -0.258. The number of amides is 3. The summed E-state index contributed by atoms with van der Waals surface area (Å²) in [4.78, 5) is 27.4. The van der Waals surface area contributed by atoms with Gasteiger partial charge in [0.1, 0.15) is 17.5 Å². The number of nitrogens with one attached hydrogen (secondary N) is 2. The summed E-state index contributed by atoms with van der Waals surface area (Å²) in [5.41, 5.74) is -4.73. The van der Waals surface area contributed by atoms with Crippen LogP contribution in [0.5, 0.6) is 0 Å². The second kappa shape index (κ2) is 10.7. The topological polar surface area (TPSA) is 99.5 Å². The van der Waals surface area contributed by atoms with Crippen molar-refractivity contribution in [3.8, 4) is 0 Å². The molecule has 15 heteroatoms. The molecule has 3 amide bonds. The lowest BCUT2D eigenvalue weighted by Crippen LogP contribution is -2.48. The van der Waals surface area contributed by atoms with Gasteiger partial charge in [-0.15, -0.1) is 0 Å². The lowest BCUT2D eigenvalue weighted by atomic mass is 9.94. The fraction of sp³-hybridized carbons (Fsp3) is 0.167. The molecule has 3 N–H and O–H groups in total. The number of fused-ring (bicyclic) bond motifs is 2. The first kappa shape index (κ1) is 30.2. The summed E-state index contributed by atoms with van der Waals surface area (Å²) in [6.07, 6.45) is -1.58. The first-order valence-electron chi connectivity index (χ1n) is 13.1. The Morgan fingerprint density at radius 3 is 2.56 bits per heavy atom. The third-order valence-corrected chi connectivity index (χ3v) is 7.94. The van der Waals surface area contributed by atoms with Gasteiger partial charge in [0.25, 0.3) is 5.91 Å². The van der Waals surface area contributed by atoms with Crippen LogP contribution in [0.4, 0.5) is 42.5 Å². The number of carbonyl (C=O) groups excluding carboxylic acids is 2. The molecular weight excluding hydrogens is 628 g/mol. The number of hydrogen-bond acceptors (Lipinski definition) is 4. The fourth-order valence-electron chi connectivity index (χ4n) is 5.47. The minimum atomic E-state index is -5.28. The maximum atomic E-state index is 15.1. The zero-order valence-corrected chi connectivity index (χ0v) is 23.6. The van der Waals surface area contributed by atoms with Gasteiger partial charge in [0.05, 0.1) is 24.5 Å². The number of aromatic nitrogens is 2. The van der Waals surface area contributed by atoms with Crippen LogP contribution in [-0.2, 0) is 12.6 Å². The molecule has 8 nitrogen and oxygen atoms in total. The van der Waals surface area contributed by atoms with Gasteiger partial charge in [0.15, 0.2) is 0 Å². The fourth-order valence-corrected chi connectivity index (χ4v) is 5.69. The Kier molecular flexibility index (Phi) is 7.16. The van der Waals surface area contributed by atoms with Gasteiger partial charge >= 0.3 is 12.2 Å².